The molecule has 0 radical (unpaired) electrons. The Balaban J connectivity index is 2.18. The van der Waals surface area contributed by atoms with Crippen LogP contribution in [0.1, 0.15) is 25.8 Å². The smallest absolute Gasteiger partial charge is 0.337 e. The van der Waals surface area contributed by atoms with Crippen molar-refractivity contribution in [3.05, 3.63) is 35.6 Å². The number of halogens is 1. The molecular weight excluding hydrogens is 221 g/mol. The molecule has 1 aromatic rings. The van der Waals surface area contributed by atoms with Gasteiger partial charge in [0.1, 0.15) is 5.82 Å². The highest BCUT2D eigenvalue weighted by molar-refractivity contribution is 6.06. The number of nitrogens with zero attached hydrogens (tertiary/aromatic N) is 1. The number of rotatable bonds is 3. The first kappa shape index (κ1) is 11.8. The molecule has 1 aliphatic heterocycles. The molecule has 0 aliphatic carbocycles. The van der Waals surface area contributed by atoms with Crippen molar-refractivity contribution in [1.29, 1.82) is 0 Å². The van der Waals surface area contributed by atoms with Crippen molar-refractivity contribution in [2.75, 3.05) is 0 Å². The molecule has 0 amide bonds. The number of hydrogen-bond acceptors (Lipinski definition) is 3. The number of cyclic esters (lactones) is 1. The highest BCUT2D eigenvalue weighted by Gasteiger charge is 2.30. The monoisotopic (exact) mass is 235 g/mol. The van der Waals surface area contributed by atoms with E-state index in [1.165, 1.54) is 12.1 Å². The van der Waals surface area contributed by atoms with Crippen molar-refractivity contribution < 1.29 is 13.9 Å². The zero-order valence-corrected chi connectivity index (χ0v) is 9.81. The Morgan fingerprint density at radius 2 is 2.00 bits per heavy atom. The van der Waals surface area contributed by atoms with Crippen LogP contribution in [-0.4, -0.2) is 17.9 Å². The first-order valence-corrected chi connectivity index (χ1v) is 5.61. The van der Waals surface area contributed by atoms with Gasteiger partial charge >= 0.3 is 5.97 Å². The van der Waals surface area contributed by atoms with Gasteiger partial charge in [0, 0.05) is 5.56 Å². The molecule has 3 nitrogen and oxygen atoms in total. The van der Waals surface area contributed by atoms with E-state index in [0.717, 1.165) is 0 Å². The second-order valence-electron chi connectivity index (χ2n) is 4.51. The number of aliphatic imine (C=N–C) groups is 1. The SMILES string of the molecule is CC(C)CC1N=C(c2ccc(F)cc2)OC1=O. The summed E-state index contributed by atoms with van der Waals surface area (Å²) >= 11 is 0. The molecule has 0 bridgehead atoms. The van der Waals surface area contributed by atoms with Gasteiger partial charge in [0.25, 0.3) is 0 Å². The molecule has 1 heterocycles. The molecule has 0 saturated heterocycles. The first-order chi connectivity index (χ1) is 8.06. The molecule has 2 rings (SSSR count). The lowest BCUT2D eigenvalue weighted by atomic mass is 10.1. The molecule has 0 saturated carbocycles. The molecule has 17 heavy (non-hydrogen) atoms. The summed E-state index contributed by atoms with van der Waals surface area (Å²) in [5.74, 6) is 0.0277. The summed E-state index contributed by atoms with van der Waals surface area (Å²) in [7, 11) is 0. The van der Waals surface area contributed by atoms with Crippen molar-refractivity contribution in [2.45, 2.75) is 26.3 Å². The van der Waals surface area contributed by atoms with E-state index in [9.17, 15) is 9.18 Å². The minimum Gasteiger partial charge on any atom is -0.406 e. The molecule has 1 unspecified atom stereocenters. The summed E-state index contributed by atoms with van der Waals surface area (Å²) in [4.78, 5) is 15.8. The van der Waals surface area contributed by atoms with Crippen LogP contribution in [0.5, 0.6) is 0 Å². The van der Waals surface area contributed by atoms with Gasteiger partial charge in [-0.25, -0.2) is 14.2 Å². The predicted octanol–water partition coefficient (Wildman–Crippen LogP) is 2.54. The Hall–Kier alpha value is -1.71. The van der Waals surface area contributed by atoms with Crippen LogP contribution in [0.3, 0.4) is 0 Å². The van der Waals surface area contributed by atoms with Gasteiger partial charge < -0.3 is 4.74 Å². The van der Waals surface area contributed by atoms with E-state index in [-0.39, 0.29) is 11.8 Å². The van der Waals surface area contributed by atoms with Crippen LogP contribution in [0.4, 0.5) is 4.39 Å². The third-order valence-electron chi connectivity index (χ3n) is 2.53. The van der Waals surface area contributed by atoms with Crippen molar-refractivity contribution >= 4 is 11.9 Å². The fourth-order valence-electron chi connectivity index (χ4n) is 1.71. The molecule has 0 spiro atoms. The quantitative estimate of drug-likeness (QED) is 0.755. The molecule has 0 fully saturated rings. The summed E-state index contributed by atoms with van der Waals surface area (Å²) in [5, 5.41) is 0. The number of carbonyl (C=O) groups is 1. The highest BCUT2D eigenvalue weighted by atomic mass is 19.1. The maximum Gasteiger partial charge on any atom is 0.337 e. The van der Waals surface area contributed by atoms with Crippen LogP contribution >= 0.6 is 0 Å². The molecule has 90 valence electrons. The third kappa shape index (κ3) is 2.70. The maximum atomic E-state index is 12.8. The number of esters is 1. The van der Waals surface area contributed by atoms with E-state index >= 15 is 0 Å². The van der Waals surface area contributed by atoms with Crippen molar-refractivity contribution in [3.8, 4) is 0 Å². The fourth-order valence-corrected chi connectivity index (χ4v) is 1.71. The molecule has 0 N–H and O–H groups in total. The minimum absolute atomic E-state index is 0.292. The topological polar surface area (TPSA) is 38.7 Å². The Labute approximate surface area is 99.3 Å². The van der Waals surface area contributed by atoms with Crippen LogP contribution in [0.15, 0.2) is 29.3 Å². The Morgan fingerprint density at radius 1 is 1.35 bits per heavy atom. The Morgan fingerprint density at radius 3 is 2.59 bits per heavy atom. The third-order valence-corrected chi connectivity index (χ3v) is 2.53. The fraction of sp³-hybridized carbons (Fsp3) is 0.385. The lowest BCUT2D eigenvalue weighted by Gasteiger charge is -2.05. The van der Waals surface area contributed by atoms with E-state index in [1.54, 1.807) is 12.1 Å². The van der Waals surface area contributed by atoms with Crippen LogP contribution in [0.25, 0.3) is 0 Å². The second kappa shape index (κ2) is 4.65. The summed E-state index contributed by atoms with van der Waals surface area (Å²) in [6, 6.07) is 5.33. The summed E-state index contributed by atoms with van der Waals surface area (Å²) in [6.45, 7) is 4.05. The summed E-state index contributed by atoms with van der Waals surface area (Å²) in [5.41, 5.74) is 0.631. The second-order valence-corrected chi connectivity index (χ2v) is 4.51. The molecule has 1 aromatic carbocycles. The van der Waals surface area contributed by atoms with Gasteiger partial charge in [-0.2, -0.15) is 0 Å². The largest absolute Gasteiger partial charge is 0.406 e. The molecular formula is C13H14FNO2. The number of carbonyl (C=O) groups excluding carboxylic acids is 1. The average molecular weight is 235 g/mol. The van der Waals surface area contributed by atoms with Gasteiger partial charge in [0.05, 0.1) is 0 Å². The van der Waals surface area contributed by atoms with Crippen molar-refractivity contribution in [3.63, 3.8) is 0 Å². The lowest BCUT2D eigenvalue weighted by Crippen LogP contribution is -2.17. The van der Waals surface area contributed by atoms with Crippen LogP contribution < -0.4 is 0 Å². The summed E-state index contributed by atoms with van der Waals surface area (Å²) < 4.78 is 17.8. The molecule has 1 atom stereocenters. The number of ether oxygens (including phenoxy) is 1. The standard InChI is InChI=1S/C13H14FNO2/c1-8(2)7-11-13(16)17-12(15-11)9-3-5-10(14)6-4-9/h3-6,8,11H,7H2,1-2H3. The van der Waals surface area contributed by atoms with E-state index in [4.69, 9.17) is 4.74 Å². The van der Waals surface area contributed by atoms with Gasteiger partial charge in [-0.15, -0.1) is 0 Å². The normalized spacial score (nSPS) is 19.4. The first-order valence-electron chi connectivity index (χ1n) is 5.61. The van der Waals surface area contributed by atoms with Gasteiger partial charge in [-0.1, -0.05) is 13.8 Å². The van der Waals surface area contributed by atoms with Gasteiger partial charge in [-0.05, 0) is 36.6 Å². The maximum absolute atomic E-state index is 12.8. The molecule has 0 aromatic heterocycles. The van der Waals surface area contributed by atoms with Gasteiger partial charge in [-0.3, -0.25) is 0 Å². The minimum atomic E-state index is -0.421. The van der Waals surface area contributed by atoms with E-state index in [0.29, 0.717) is 23.8 Å². The van der Waals surface area contributed by atoms with Crippen molar-refractivity contribution in [1.82, 2.24) is 0 Å². The van der Waals surface area contributed by atoms with E-state index < -0.39 is 6.04 Å². The Bertz CT molecular complexity index is 451. The number of benzene rings is 1. The summed E-state index contributed by atoms with van der Waals surface area (Å²) in [6.07, 6.45) is 0.670. The van der Waals surface area contributed by atoms with Crippen LogP contribution in [-0.2, 0) is 9.53 Å². The Kier molecular flexibility index (Phi) is 3.22. The zero-order valence-electron chi connectivity index (χ0n) is 9.81. The van der Waals surface area contributed by atoms with Crippen LogP contribution in [0, 0.1) is 11.7 Å². The average Bonchev–Trinajstić information content (AvgIpc) is 2.60. The van der Waals surface area contributed by atoms with Gasteiger partial charge in [0.2, 0.25) is 5.90 Å². The van der Waals surface area contributed by atoms with Gasteiger partial charge in [0.15, 0.2) is 6.04 Å². The predicted molar refractivity (Wildman–Crippen MR) is 62.3 cm³/mol. The zero-order chi connectivity index (χ0) is 12.4. The van der Waals surface area contributed by atoms with E-state index in [2.05, 4.69) is 4.99 Å². The van der Waals surface area contributed by atoms with Crippen LogP contribution in [0.2, 0.25) is 0 Å². The van der Waals surface area contributed by atoms with Crippen molar-refractivity contribution in [2.24, 2.45) is 10.9 Å². The number of hydrogen-bond donors (Lipinski definition) is 0. The van der Waals surface area contributed by atoms with E-state index in [1.807, 2.05) is 13.8 Å². The lowest BCUT2D eigenvalue weighted by molar-refractivity contribution is -0.135. The highest BCUT2D eigenvalue weighted by Crippen LogP contribution is 2.19. The molecule has 1 aliphatic rings. The molecule has 4 heteroatoms.